The molecule has 0 aromatic heterocycles. The minimum absolute atomic E-state index is 0.0718. The molecule has 89 heavy (non-hydrogen) atoms. The van der Waals surface area contributed by atoms with Gasteiger partial charge in [-0.25, -0.2) is 4.57 Å². The fourth-order valence-corrected chi connectivity index (χ4v) is 12.0. The first-order valence-corrected chi connectivity index (χ1v) is 39.6. The van der Waals surface area contributed by atoms with Gasteiger partial charge in [0.1, 0.15) is 13.2 Å². The van der Waals surface area contributed by atoms with E-state index in [1.807, 2.05) is 21.1 Å². The van der Waals surface area contributed by atoms with Gasteiger partial charge in [-0.2, -0.15) is 0 Å². The molecular weight excluding hydrogens is 1120 g/mol. The fourth-order valence-electron chi connectivity index (χ4n) is 11.2. The van der Waals surface area contributed by atoms with Crippen LogP contribution in [0.2, 0.25) is 0 Å². The first kappa shape index (κ1) is 86.4. The van der Waals surface area contributed by atoms with Gasteiger partial charge < -0.3 is 19.8 Å². The van der Waals surface area contributed by atoms with E-state index in [2.05, 4.69) is 116 Å². The molecule has 3 unspecified atom stereocenters. The first-order valence-electron chi connectivity index (χ1n) is 38.1. The summed E-state index contributed by atoms with van der Waals surface area (Å²) in [4.78, 5) is 23.5. The minimum Gasteiger partial charge on any atom is -0.391 e. The van der Waals surface area contributed by atoms with Gasteiger partial charge in [0.2, 0.25) is 5.91 Å². The van der Waals surface area contributed by atoms with E-state index in [9.17, 15) is 19.4 Å². The summed E-state index contributed by atoms with van der Waals surface area (Å²) in [5.74, 6) is -0.145. The van der Waals surface area contributed by atoms with Crippen LogP contribution in [-0.4, -0.2) is 73.4 Å². The smallest absolute Gasteiger partial charge is 0.391 e. The molecule has 3 N–H and O–H groups in total. The molecule has 0 aliphatic heterocycles. The van der Waals surface area contributed by atoms with Crippen LogP contribution in [0, 0.1) is 0 Å². The number of amides is 1. The van der Waals surface area contributed by atoms with Crippen molar-refractivity contribution in [1.29, 1.82) is 0 Å². The van der Waals surface area contributed by atoms with Crippen LogP contribution in [0.25, 0.3) is 0 Å². The second kappa shape index (κ2) is 69.8. The van der Waals surface area contributed by atoms with Crippen molar-refractivity contribution < 1.29 is 32.9 Å². The molecule has 1 amide bonds. The summed E-state index contributed by atoms with van der Waals surface area (Å²) in [6.07, 6.45) is 101. The molecule has 0 aromatic rings. The number of allylic oxidation sites excluding steroid dienone is 16. The van der Waals surface area contributed by atoms with E-state index in [0.717, 1.165) is 89.9 Å². The lowest BCUT2D eigenvalue weighted by molar-refractivity contribution is -0.870. The van der Waals surface area contributed by atoms with E-state index in [-0.39, 0.29) is 19.1 Å². The quantitative estimate of drug-likeness (QED) is 0.0243. The van der Waals surface area contributed by atoms with Crippen LogP contribution in [-0.2, 0) is 18.4 Å². The van der Waals surface area contributed by atoms with Crippen molar-refractivity contribution in [3.05, 3.63) is 97.2 Å². The summed E-state index contributed by atoms with van der Waals surface area (Å²) in [5, 5.41) is 14.2. The molecule has 0 radical (unpaired) electrons. The molecule has 0 aliphatic rings. The van der Waals surface area contributed by atoms with E-state index < -0.39 is 20.0 Å². The molecule has 0 aliphatic carbocycles. The number of carbonyl (C=O) groups excluding carboxylic acids is 1. The van der Waals surface area contributed by atoms with Crippen molar-refractivity contribution in [3.63, 3.8) is 0 Å². The Labute approximate surface area is 553 Å². The summed E-state index contributed by atoms with van der Waals surface area (Å²) in [6, 6.07) is -0.769. The third-order valence-corrected chi connectivity index (χ3v) is 18.1. The second-order valence-corrected chi connectivity index (χ2v) is 28.5. The Bertz CT molecular complexity index is 1780. The van der Waals surface area contributed by atoms with Crippen LogP contribution in [0.15, 0.2) is 97.2 Å². The predicted molar refractivity (Wildman–Crippen MR) is 392 cm³/mol. The van der Waals surface area contributed by atoms with Gasteiger partial charge in [-0.1, -0.05) is 368 Å². The van der Waals surface area contributed by atoms with Crippen molar-refractivity contribution in [2.24, 2.45) is 0 Å². The average Bonchev–Trinajstić information content (AvgIpc) is 3.57. The summed E-state index contributed by atoms with van der Waals surface area (Å²) in [7, 11) is 1.62. The zero-order valence-electron chi connectivity index (χ0n) is 59.4. The zero-order valence-corrected chi connectivity index (χ0v) is 60.3. The van der Waals surface area contributed by atoms with Gasteiger partial charge >= 0.3 is 7.82 Å². The largest absolute Gasteiger partial charge is 0.472 e. The third-order valence-electron chi connectivity index (χ3n) is 17.1. The maximum atomic E-state index is 13.1. The Morgan fingerprint density at radius 1 is 0.393 bits per heavy atom. The van der Waals surface area contributed by atoms with E-state index in [4.69, 9.17) is 9.05 Å². The molecule has 0 fully saturated rings. The van der Waals surface area contributed by atoms with Gasteiger partial charge in [-0.15, -0.1) is 0 Å². The summed E-state index contributed by atoms with van der Waals surface area (Å²) >= 11 is 0. The summed E-state index contributed by atoms with van der Waals surface area (Å²) in [5.41, 5.74) is 0. The highest BCUT2D eigenvalue weighted by Gasteiger charge is 2.28. The normalized spacial score (nSPS) is 14.1. The van der Waals surface area contributed by atoms with Crippen LogP contribution < -0.4 is 5.32 Å². The van der Waals surface area contributed by atoms with Crippen LogP contribution in [0.5, 0.6) is 0 Å². The third kappa shape index (κ3) is 72.7. The highest BCUT2D eigenvalue weighted by atomic mass is 31.2. The highest BCUT2D eigenvalue weighted by molar-refractivity contribution is 7.47. The Kier molecular flexibility index (Phi) is 67.7. The molecule has 9 heteroatoms. The van der Waals surface area contributed by atoms with E-state index in [1.165, 1.54) is 238 Å². The molecule has 3 atom stereocenters. The van der Waals surface area contributed by atoms with E-state index in [0.29, 0.717) is 23.9 Å². The molecule has 0 heterocycles. The number of nitrogens with zero attached hydrogens (tertiary/aromatic N) is 1. The second-order valence-electron chi connectivity index (χ2n) is 27.0. The van der Waals surface area contributed by atoms with Gasteiger partial charge in [0, 0.05) is 6.42 Å². The lowest BCUT2D eigenvalue weighted by atomic mass is 10.0. The molecule has 0 saturated carbocycles. The molecule has 0 aromatic carbocycles. The van der Waals surface area contributed by atoms with Crippen LogP contribution in [0.1, 0.15) is 354 Å². The Morgan fingerprint density at radius 2 is 0.674 bits per heavy atom. The number of hydrogen-bond acceptors (Lipinski definition) is 5. The zero-order chi connectivity index (χ0) is 64.8. The van der Waals surface area contributed by atoms with Crippen molar-refractivity contribution in [2.75, 3.05) is 40.9 Å². The fraction of sp³-hybridized carbons (Fsp3) is 0.787. The molecular formula is C80H148N2O6P+. The summed E-state index contributed by atoms with van der Waals surface area (Å²) in [6.45, 7) is 4.81. The minimum atomic E-state index is -4.34. The number of phosphoric acid groups is 1. The number of nitrogens with one attached hydrogen (secondary N) is 1. The van der Waals surface area contributed by atoms with Crippen molar-refractivity contribution in [2.45, 2.75) is 366 Å². The van der Waals surface area contributed by atoms with Crippen molar-refractivity contribution >= 4 is 13.7 Å². The molecule has 0 saturated heterocycles. The first-order chi connectivity index (χ1) is 43.5. The van der Waals surface area contributed by atoms with Gasteiger partial charge in [0.05, 0.1) is 39.9 Å². The number of unbranched alkanes of at least 4 members (excludes halogenated alkanes) is 41. The topological polar surface area (TPSA) is 105 Å². The van der Waals surface area contributed by atoms with Crippen LogP contribution in [0.3, 0.4) is 0 Å². The lowest BCUT2D eigenvalue weighted by Gasteiger charge is -2.26. The number of quaternary nitrogens is 1. The van der Waals surface area contributed by atoms with Gasteiger partial charge in [0.15, 0.2) is 0 Å². The molecule has 8 nitrogen and oxygen atoms in total. The van der Waals surface area contributed by atoms with E-state index >= 15 is 0 Å². The monoisotopic (exact) mass is 1260 g/mol. The number of aliphatic hydroxyl groups excluding tert-OH is 1. The maximum absolute atomic E-state index is 13.1. The van der Waals surface area contributed by atoms with Gasteiger partial charge in [-0.3, -0.25) is 13.8 Å². The summed E-state index contributed by atoms with van der Waals surface area (Å²) < 4.78 is 23.9. The van der Waals surface area contributed by atoms with Gasteiger partial charge in [-0.05, 0) is 77.0 Å². The number of rotatable bonds is 70. The standard InChI is InChI=1S/C80H147N2O6P/c1-6-8-10-12-14-16-18-20-22-24-26-28-30-32-34-36-38-39-40-41-42-43-44-46-48-50-52-54-56-58-60-62-64-66-68-70-72-74-80(84)81-78(77-88-89(85,86)87-76-75-82(3,4)5)79(83)73-71-69-67-65-63-61-59-57-55-53-51-49-47-45-37-35-33-31-29-27-25-23-21-19-17-15-13-11-9-7-2/h8,10,14,16,20,22,26,28,32,34,38-39,41-42,44,46,78-79,83H,6-7,9,11-13,15,17-19,21,23-25,27,29-31,33,35-37,40,43,45,47-77H2,1-5H3,(H-,81,84,85,86)/p+1/b10-8-,16-14-,22-20-,28-26-,34-32-,39-38-,42-41-,46-44-. The molecule has 0 spiro atoms. The van der Waals surface area contributed by atoms with E-state index in [1.54, 1.807) is 0 Å². The predicted octanol–water partition coefficient (Wildman–Crippen LogP) is 24.8. The average molecular weight is 1270 g/mol. The molecule has 0 rings (SSSR count). The lowest BCUT2D eigenvalue weighted by Crippen LogP contribution is -2.46. The number of hydrogen-bond donors (Lipinski definition) is 3. The van der Waals surface area contributed by atoms with Crippen molar-refractivity contribution in [1.82, 2.24) is 5.32 Å². The Morgan fingerprint density at radius 3 is 0.989 bits per heavy atom. The van der Waals surface area contributed by atoms with Crippen LogP contribution in [0.4, 0.5) is 0 Å². The van der Waals surface area contributed by atoms with Crippen LogP contribution >= 0.6 is 7.82 Å². The Balaban J connectivity index is 4.02. The number of aliphatic hydroxyl groups is 1. The number of likely N-dealkylation sites (N-methyl/N-ethyl adjacent to an activating group) is 1. The highest BCUT2D eigenvalue weighted by Crippen LogP contribution is 2.43. The number of carbonyl (C=O) groups is 1. The van der Waals surface area contributed by atoms with Crippen molar-refractivity contribution in [3.8, 4) is 0 Å². The number of phosphoric ester groups is 1. The van der Waals surface area contributed by atoms with Gasteiger partial charge in [0.25, 0.3) is 0 Å². The SMILES string of the molecule is CC/C=C\C/C=C\C/C=C\C/C=C\C/C=C\C/C=C\C/C=C\C/C=C\CCCCCCCCCCCCCCC(=O)NC(COP(=O)(O)OCC[N+](C)(C)C)C(O)CCCCCCCCCCCCCCCCCCCCCCCCCCCCCCCC. The maximum Gasteiger partial charge on any atom is 0.472 e. The molecule has 0 bridgehead atoms. The Hall–Kier alpha value is -2.58. The molecule has 518 valence electrons.